The largest absolute Gasteiger partial charge is 0.573 e. The Labute approximate surface area is 164 Å². The Morgan fingerprint density at radius 1 is 1.03 bits per heavy atom. The monoisotopic (exact) mass is 399 g/mol. The van der Waals surface area contributed by atoms with E-state index in [0.29, 0.717) is 22.5 Å². The molecule has 0 aliphatic carbocycles. The average Bonchev–Trinajstić information content (AvgIpc) is 3.13. The second-order valence-electron chi connectivity index (χ2n) is 6.21. The summed E-state index contributed by atoms with van der Waals surface area (Å²) in [5, 5.41) is 8.31. The zero-order valence-electron chi connectivity index (χ0n) is 15.3. The van der Waals surface area contributed by atoms with Crippen molar-refractivity contribution in [2.24, 2.45) is 0 Å². The van der Waals surface area contributed by atoms with Crippen molar-refractivity contribution in [1.29, 1.82) is 0 Å². The number of benzene rings is 2. The molecule has 0 aliphatic rings. The number of nitrogens with zero attached hydrogens (tertiary/aromatic N) is 4. The summed E-state index contributed by atoms with van der Waals surface area (Å²) in [4.78, 5) is 8.46. The standard InChI is InChI=1S/C20H16F3N5O/c1-2-13-5-3-4-6-17(13)28-11-16-18(24-12-25-19(16)27-28)26-14-7-9-15(10-8-14)29-20(21,22)23/h3-12H,2H2,1H3,(H,24,25,26,27). The molecule has 6 nitrogen and oxygen atoms in total. The minimum atomic E-state index is -4.73. The van der Waals surface area contributed by atoms with Crippen LogP contribution in [0.1, 0.15) is 12.5 Å². The molecule has 2 aromatic carbocycles. The molecule has 4 aromatic rings. The molecule has 2 heterocycles. The summed E-state index contributed by atoms with van der Waals surface area (Å²) in [6.45, 7) is 2.07. The SMILES string of the molecule is CCc1ccccc1-n1cc2c(Nc3ccc(OC(F)(F)F)cc3)ncnc2n1. The van der Waals surface area contributed by atoms with E-state index in [-0.39, 0.29) is 5.75 Å². The number of para-hydroxylation sites is 1. The molecule has 0 atom stereocenters. The first-order valence-corrected chi connectivity index (χ1v) is 8.84. The van der Waals surface area contributed by atoms with Crippen molar-refractivity contribution in [3.63, 3.8) is 0 Å². The zero-order valence-corrected chi connectivity index (χ0v) is 15.3. The van der Waals surface area contributed by atoms with Crippen molar-refractivity contribution in [2.75, 3.05) is 5.32 Å². The van der Waals surface area contributed by atoms with Crippen molar-refractivity contribution >= 4 is 22.5 Å². The molecule has 0 fully saturated rings. The highest BCUT2D eigenvalue weighted by Gasteiger charge is 2.30. The Balaban J connectivity index is 1.64. The van der Waals surface area contributed by atoms with Gasteiger partial charge in [0.05, 0.1) is 11.1 Å². The molecule has 0 saturated heterocycles. The van der Waals surface area contributed by atoms with Gasteiger partial charge in [0.25, 0.3) is 0 Å². The maximum Gasteiger partial charge on any atom is 0.573 e. The van der Waals surface area contributed by atoms with E-state index in [1.54, 1.807) is 4.68 Å². The van der Waals surface area contributed by atoms with Gasteiger partial charge in [0.15, 0.2) is 5.65 Å². The van der Waals surface area contributed by atoms with Gasteiger partial charge in [0.2, 0.25) is 0 Å². The Hall–Kier alpha value is -3.62. The lowest BCUT2D eigenvalue weighted by molar-refractivity contribution is -0.274. The number of aromatic nitrogens is 4. The van der Waals surface area contributed by atoms with Gasteiger partial charge in [-0.1, -0.05) is 25.1 Å². The third kappa shape index (κ3) is 4.13. The lowest BCUT2D eigenvalue weighted by Crippen LogP contribution is -2.16. The van der Waals surface area contributed by atoms with Gasteiger partial charge in [0, 0.05) is 11.9 Å². The minimum Gasteiger partial charge on any atom is -0.406 e. The maximum atomic E-state index is 12.3. The summed E-state index contributed by atoms with van der Waals surface area (Å²) in [6.07, 6.45) is -0.658. The Morgan fingerprint density at radius 2 is 1.79 bits per heavy atom. The summed E-state index contributed by atoms with van der Waals surface area (Å²) >= 11 is 0. The molecule has 29 heavy (non-hydrogen) atoms. The van der Waals surface area contributed by atoms with Crippen LogP contribution in [0.2, 0.25) is 0 Å². The molecule has 0 amide bonds. The summed E-state index contributed by atoms with van der Waals surface area (Å²) in [6, 6.07) is 13.4. The molecule has 0 spiro atoms. The number of fused-ring (bicyclic) bond motifs is 1. The van der Waals surface area contributed by atoms with Gasteiger partial charge < -0.3 is 10.1 Å². The fraction of sp³-hybridized carbons (Fsp3) is 0.150. The van der Waals surface area contributed by atoms with E-state index in [2.05, 4.69) is 32.0 Å². The topological polar surface area (TPSA) is 64.9 Å². The zero-order chi connectivity index (χ0) is 20.4. The smallest absolute Gasteiger partial charge is 0.406 e. The lowest BCUT2D eigenvalue weighted by Gasteiger charge is -2.10. The van der Waals surface area contributed by atoms with Crippen LogP contribution in [0.5, 0.6) is 5.75 Å². The first-order valence-electron chi connectivity index (χ1n) is 8.84. The molecule has 148 valence electrons. The van der Waals surface area contributed by atoms with Crippen LogP contribution in [0.3, 0.4) is 0 Å². The summed E-state index contributed by atoms with van der Waals surface area (Å²) in [5.41, 5.74) is 3.15. The molecule has 4 rings (SSSR count). The third-order valence-electron chi connectivity index (χ3n) is 4.29. The normalized spacial score (nSPS) is 11.6. The Morgan fingerprint density at radius 3 is 2.52 bits per heavy atom. The van der Waals surface area contributed by atoms with Crippen molar-refractivity contribution in [1.82, 2.24) is 19.7 Å². The van der Waals surface area contributed by atoms with E-state index in [1.807, 2.05) is 30.5 Å². The van der Waals surface area contributed by atoms with Crippen molar-refractivity contribution < 1.29 is 17.9 Å². The molecule has 0 radical (unpaired) electrons. The summed E-state index contributed by atoms with van der Waals surface area (Å²) in [7, 11) is 0. The first kappa shape index (κ1) is 18.7. The Kier molecular flexibility index (Phi) is 4.79. The number of halogens is 3. The predicted octanol–water partition coefficient (Wildman–Crippen LogP) is 5.02. The highest BCUT2D eigenvalue weighted by atomic mass is 19.4. The van der Waals surface area contributed by atoms with E-state index < -0.39 is 6.36 Å². The van der Waals surface area contributed by atoms with E-state index in [0.717, 1.165) is 17.7 Å². The van der Waals surface area contributed by atoms with Crippen molar-refractivity contribution in [2.45, 2.75) is 19.7 Å². The highest BCUT2D eigenvalue weighted by Crippen LogP contribution is 2.27. The number of ether oxygens (including phenoxy) is 1. The predicted molar refractivity (Wildman–Crippen MR) is 102 cm³/mol. The highest BCUT2D eigenvalue weighted by molar-refractivity contribution is 5.88. The van der Waals surface area contributed by atoms with Gasteiger partial charge in [-0.25, -0.2) is 14.6 Å². The number of anilines is 2. The summed E-state index contributed by atoms with van der Waals surface area (Å²) < 4.78 is 42.5. The molecular weight excluding hydrogens is 383 g/mol. The van der Waals surface area contributed by atoms with E-state index in [1.165, 1.54) is 30.6 Å². The number of hydrogen-bond donors (Lipinski definition) is 1. The van der Waals surface area contributed by atoms with Gasteiger partial charge in [-0.05, 0) is 42.3 Å². The van der Waals surface area contributed by atoms with Gasteiger partial charge in [0.1, 0.15) is 17.9 Å². The van der Waals surface area contributed by atoms with Gasteiger partial charge >= 0.3 is 6.36 Å². The quantitative estimate of drug-likeness (QED) is 0.511. The average molecular weight is 399 g/mol. The van der Waals surface area contributed by atoms with E-state index >= 15 is 0 Å². The van der Waals surface area contributed by atoms with Gasteiger partial charge in [-0.3, -0.25) is 0 Å². The molecule has 0 saturated carbocycles. The Bertz CT molecular complexity index is 1140. The van der Waals surface area contributed by atoms with E-state index in [4.69, 9.17) is 0 Å². The fourth-order valence-electron chi connectivity index (χ4n) is 2.97. The molecule has 9 heteroatoms. The van der Waals surface area contributed by atoms with Crippen LogP contribution in [0.15, 0.2) is 61.1 Å². The van der Waals surface area contributed by atoms with Crippen molar-refractivity contribution in [3.8, 4) is 11.4 Å². The minimum absolute atomic E-state index is 0.292. The van der Waals surface area contributed by atoms with Crippen LogP contribution < -0.4 is 10.1 Å². The fourth-order valence-corrected chi connectivity index (χ4v) is 2.97. The number of rotatable bonds is 5. The second kappa shape index (κ2) is 7.42. The van der Waals surface area contributed by atoms with Gasteiger partial charge in [-0.2, -0.15) is 0 Å². The van der Waals surface area contributed by atoms with Crippen LogP contribution in [0.25, 0.3) is 16.7 Å². The molecule has 2 aromatic heterocycles. The number of nitrogens with one attached hydrogen (secondary N) is 1. The third-order valence-corrected chi connectivity index (χ3v) is 4.29. The van der Waals surface area contributed by atoms with Crippen LogP contribution in [0, 0.1) is 0 Å². The second-order valence-corrected chi connectivity index (χ2v) is 6.21. The molecule has 1 N–H and O–H groups in total. The number of alkyl halides is 3. The molecule has 0 bridgehead atoms. The van der Waals surface area contributed by atoms with Crippen LogP contribution in [0.4, 0.5) is 24.7 Å². The maximum absolute atomic E-state index is 12.3. The molecule has 0 unspecified atom stereocenters. The van der Waals surface area contributed by atoms with Gasteiger partial charge in [-0.15, -0.1) is 18.3 Å². The summed E-state index contributed by atoms with van der Waals surface area (Å²) in [5.74, 6) is 0.208. The molecular formula is C20H16F3N5O. The van der Waals surface area contributed by atoms with E-state index in [9.17, 15) is 13.2 Å². The lowest BCUT2D eigenvalue weighted by atomic mass is 10.1. The van der Waals surface area contributed by atoms with Crippen LogP contribution in [-0.4, -0.2) is 26.1 Å². The van der Waals surface area contributed by atoms with Crippen LogP contribution >= 0.6 is 0 Å². The van der Waals surface area contributed by atoms with Crippen LogP contribution in [-0.2, 0) is 6.42 Å². The molecule has 0 aliphatic heterocycles. The first-order chi connectivity index (χ1) is 13.9. The number of aryl methyl sites for hydroxylation is 1. The number of hydrogen-bond acceptors (Lipinski definition) is 5. The van der Waals surface area contributed by atoms with Crippen molar-refractivity contribution in [3.05, 3.63) is 66.6 Å².